The van der Waals surface area contributed by atoms with Crippen molar-refractivity contribution in [2.75, 3.05) is 0 Å². The summed E-state index contributed by atoms with van der Waals surface area (Å²) in [5.74, 6) is -0.512. The number of hydrogen-bond acceptors (Lipinski definition) is 2. The molecule has 1 fully saturated rings. The van der Waals surface area contributed by atoms with Gasteiger partial charge in [-0.3, -0.25) is 9.00 Å². The maximum Gasteiger partial charge on any atom is 0.178 e. The van der Waals surface area contributed by atoms with E-state index in [-0.39, 0.29) is 16.9 Å². The molecule has 0 amide bonds. The lowest BCUT2D eigenvalue weighted by atomic mass is 10.0. The van der Waals surface area contributed by atoms with Crippen molar-refractivity contribution < 1.29 is 13.4 Å². The lowest BCUT2D eigenvalue weighted by molar-refractivity contribution is 0.0992. The van der Waals surface area contributed by atoms with E-state index in [1.807, 2.05) is 0 Å². The molecule has 0 saturated heterocycles. The summed E-state index contributed by atoms with van der Waals surface area (Å²) in [6, 6.07) is 5.46. The maximum absolute atomic E-state index is 12.8. The summed E-state index contributed by atoms with van der Waals surface area (Å²) in [6.45, 7) is 1.72. The van der Waals surface area contributed by atoms with Gasteiger partial charge in [-0.1, -0.05) is 19.3 Å². The molecule has 0 N–H and O–H groups in total. The van der Waals surface area contributed by atoms with E-state index in [4.69, 9.17) is 0 Å². The highest BCUT2D eigenvalue weighted by Gasteiger charge is 2.28. The van der Waals surface area contributed by atoms with Crippen LogP contribution in [-0.4, -0.2) is 20.5 Å². The fourth-order valence-corrected chi connectivity index (χ4v) is 4.26. The van der Waals surface area contributed by atoms with Gasteiger partial charge in [0.25, 0.3) is 0 Å². The number of hydrogen-bond donors (Lipinski definition) is 0. The summed E-state index contributed by atoms with van der Waals surface area (Å²) in [7, 11) is -1.13. The average Bonchev–Trinajstić information content (AvgIpc) is 2.46. The Bertz CT molecular complexity index is 464. The van der Waals surface area contributed by atoms with E-state index < -0.39 is 16.0 Å². The summed E-state index contributed by atoms with van der Waals surface area (Å²) in [5, 5.41) is -0.360. The second-order valence-corrected chi connectivity index (χ2v) is 7.13. The predicted octanol–water partition coefficient (Wildman–Crippen LogP) is 3.48. The average molecular weight is 282 g/mol. The van der Waals surface area contributed by atoms with Crippen LogP contribution >= 0.6 is 0 Å². The third-order valence-corrected chi connectivity index (χ3v) is 5.77. The maximum atomic E-state index is 12.8. The highest BCUT2D eigenvalue weighted by atomic mass is 32.2. The van der Waals surface area contributed by atoms with Crippen LogP contribution in [0.2, 0.25) is 0 Å². The fraction of sp³-hybridized carbons (Fsp3) is 0.533. The van der Waals surface area contributed by atoms with Crippen LogP contribution in [-0.2, 0) is 10.8 Å². The summed E-state index contributed by atoms with van der Waals surface area (Å²) in [5.41, 5.74) is 0.443. The summed E-state index contributed by atoms with van der Waals surface area (Å²) >= 11 is 0. The van der Waals surface area contributed by atoms with E-state index in [9.17, 15) is 13.4 Å². The van der Waals surface area contributed by atoms with Gasteiger partial charge < -0.3 is 0 Å². The minimum Gasteiger partial charge on any atom is -0.293 e. The third kappa shape index (κ3) is 3.50. The van der Waals surface area contributed by atoms with E-state index >= 15 is 0 Å². The molecular weight excluding hydrogens is 263 g/mol. The highest BCUT2D eigenvalue weighted by Crippen LogP contribution is 2.25. The van der Waals surface area contributed by atoms with Gasteiger partial charge in [-0.15, -0.1) is 0 Å². The van der Waals surface area contributed by atoms with Crippen LogP contribution < -0.4 is 0 Å². The van der Waals surface area contributed by atoms with E-state index in [2.05, 4.69) is 0 Å². The van der Waals surface area contributed by atoms with Crippen LogP contribution in [0.1, 0.15) is 49.4 Å². The zero-order valence-electron chi connectivity index (χ0n) is 11.1. The predicted molar refractivity (Wildman–Crippen MR) is 75.2 cm³/mol. The van der Waals surface area contributed by atoms with Crippen molar-refractivity contribution in [3.8, 4) is 0 Å². The minimum absolute atomic E-state index is 0.146. The van der Waals surface area contributed by atoms with Crippen LogP contribution in [0.3, 0.4) is 0 Å². The van der Waals surface area contributed by atoms with E-state index in [0.717, 1.165) is 25.7 Å². The standard InChI is InChI=1S/C15H19FO2S/c1-11(19(18)14-5-3-2-4-6-14)15(17)12-7-9-13(16)10-8-12/h7-11,14H,2-6H2,1H3. The Morgan fingerprint density at radius 2 is 1.79 bits per heavy atom. The summed E-state index contributed by atoms with van der Waals surface area (Å²) < 4.78 is 25.2. The normalized spacial score (nSPS) is 19.9. The van der Waals surface area contributed by atoms with Crippen LogP contribution in [0, 0.1) is 5.82 Å². The van der Waals surface area contributed by atoms with Crippen LogP contribution in [0.15, 0.2) is 24.3 Å². The minimum atomic E-state index is -1.13. The largest absolute Gasteiger partial charge is 0.293 e. The van der Waals surface area contributed by atoms with E-state index in [1.54, 1.807) is 6.92 Å². The van der Waals surface area contributed by atoms with E-state index in [0.29, 0.717) is 5.56 Å². The molecule has 2 atom stereocenters. The number of carbonyl (C=O) groups is 1. The summed E-state index contributed by atoms with van der Waals surface area (Å²) in [6.07, 6.45) is 5.32. The molecule has 2 unspecified atom stereocenters. The zero-order chi connectivity index (χ0) is 13.8. The molecule has 1 aliphatic rings. The van der Waals surface area contributed by atoms with Gasteiger partial charge in [-0.2, -0.15) is 0 Å². The Morgan fingerprint density at radius 1 is 1.21 bits per heavy atom. The first-order valence-corrected chi connectivity index (χ1v) is 8.06. The Balaban J connectivity index is 2.05. The summed E-state index contributed by atoms with van der Waals surface area (Å²) in [4.78, 5) is 12.2. The number of Topliss-reactive ketones (excluding diaryl/α,β-unsaturated/α-hetero) is 1. The number of rotatable bonds is 4. The van der Waals surface area contributed by atoms with Crippen molar-refractivity contribution in [2.45, 2.75) is 49.5 Å². The number of ketones is 1. The fourth-order valence-electron chi connectivity index (χ4n) is 2.54. The Kier molecular flexibility index (Phi) is 4.86. The van der Waals surface area contributed by atoms with Gasteiger partial charge in [0, 0.05) is 21.6 Å². The molecule has 1 aliphatic carbocycles. The van der Waals surface area contributed by atoms with Gasteiger partial charge in [0.1, 0.15) is 5.82 Å². The molecular formula is C15H19FO2S. The first-order valence-electron chi connectivity index (χ1n) is 6.79. The SMILES string of the molecule is CC(C(=O)c1ccc(F)cc1)S(=O)C1CCCCC1. The van der Waals surface area contributed by atoms with Crippen molar-refractivity contribution in [3.63, 3.8) is 0 Å². The first-order chi connectivity index (χ1) is 9.09. The van der Waals surface area contributed by atoms with Gasteiger partial charge in [-0.05, 0) is 44.0 Å². The van der Waals surface area contributed by atoms with Gasteiger partial charge in [0.2, 0.25) is 0 Å². The van der Waals surface area contributed by atoms with Crippen molar-refractivity contribution >= 4 is 16.6 Å². The Labute approximate surface area is 115 Å². The second kappa shape index (κ2) is 6.42. The molecule has 0 heterocycles. The van der Waals surface area contributed by atoms with Crippen molar-refractivity contribution in [2.24, 2.45) is 0 Å². The first kappa shape index (κ1) is 14.4. The zero-order valence-corrected chi connectivity index (χ0v) is 11.9. The molecule has 1 aromatic carbocycles. The van der Waals surface area contributed by atoms with Gasteiger partial charge >= 0.3 is 0 Å². The molecule has 0 radical (unpaired) electrons. The molecule has 104 valence electrons. The molecule has 2 nitrogen and oxygen atoms in total. The molecule has 0 spiro atoms. The molecule has 19 heavy (non-hydrogen) atoms. The second-order valence-electron chi connectivity index (χ2n) is 5.10. The quantitative estimate of drug-likeness (QED) is 0.792. The number of halogens is 1. The van der Waals surface area contributed by atoms with Gasteiger partial charge in [-0.25, -0.2) is 4.39 Å². The lowest BCUT2D eigenvalue weighted by Gasteiger charge is -2.23. The van der Waals surface area contributed by atoms with Gasteiger partial charge in [0.15, 0.2) is 5.78 Å². The Hall–Kier alpha value is -1.03. The third-order valence-electron chi connectivity index (χ3n) is 3.73. The molecule has 0 bridgehead atoms. The monoisotopic (exact) mass is 282 g/mol. The number of benzene rings is 1. The Morgan fingerprint density at radius 3 is 2.37 bits per heavy atom. The van der Waals surface area contributed by atoms with E-state index in [1.165, 1.54) is 30.7 Å². The molecule has 4 heteroatoms. The van der Waals surface area contributed by atoms with Crippen LogP contribution in [0.25, 0.3) is 0 Å². The molecule has 1 aromatic rings. The lowest BCUT2D eigenvalue weighted by Crippen LogP contribution is -2.31. The topological polar surface area (TPSA) is 34.1 Å². The molecule has 2 rings (SSSR count). The molecule has 0 aliphatic heterocycles. The highest BCUT2D eigenvalue weighted by molar-refractivity contribution is 7.87. The van der Waals surface area contributed by atoms with Crippen molar-refractivity contribution in [1.29, 1.82) is 0 Å². The van der Waals surface area contributed by atoms with Gasteiger partial charge in [0.05, 0.1) is 5.25 Å². The van der Waals surface area contributed by atoms with Crippen LogP contribution in [0.4, 0.5) is 4.39 Å². The number of carbonyl (C=O) groups excluding carboxylic acids is 1. The van der Waals surface area contributed by atoms with Crippen molar-refractivity contribution in [1.82, 2.24) is 0 Å². The molecule has 1 saturated carbocycles. The smallest absolute Gasteiger partial charge is 0.178 e. The van der Waals surface area contributed by atoms with Crippen molar-refractivity contribution in [3.05, 3.63) is 35.6 Å². The van der Waals surface area contributed by atoms with Crippen LogP contribution in [0.5, 0.6) is 0 Å². The molecule has 0 aromatic heterocycles.